The Morgan fingerprint density at radius 1 is 1.12 bits per heavy atom. The van der Waals surface area contributed by atoms with Gasteiger partial charge in [-0.1, -0.05) is 42.5 Å². The van der Waals surface area contributed by atoms with Crippen LogP contribution in [0.5, 0.6) is 0 Å². The van der Waals surface area contributed by atoms with Crippen molar-refractivity contribution in [3.05, 3.63) is 83.4 Å². The SMILES string of the molecule is C[C@H](N)C(=O)N(C(=O)[C@@H](O)c1cc(F)cc(F)c1)[C@H]1C=CC[C@H](c2ccccc2)N(C)C1=O. The largest absolute Gasteiger partial charge is 0.378 e. The van der Waals surface area contributed by atoms with Gasteiger partial charge in [-0.2, -0.15) is 0 Å². The van der Waals surface area contributed by atoms with E-state index in [9.17, 15) is 28.3 Å². The maximum atomic E-state index is 13.6. The number of rotatable bonds is 5. The van der Waals surface area contributed by atoms with Crippen LogP contribution in [0.1, 0.15) is 36.6 Å². The number of carbonyl (C=O) groups is 3. The van der Waals surface area contributed by atoms with Gasteiger partial charge in [-0.05, 0) is 36.6 Å². The predicted octanol–water partition coefficient (Wildman–Crippen LogP) is 2.23. The van der Waals surface area contributed by atoms with E-state index >= 15 is 0 Å². The second-order valence-electron chi connectivity index (χ2n) is 7.92. The number of imide groups is 1. The maximum absolute atomic E-state index is 13.6. The summed E-state index contributed by atoms with van der Waals surface area (Å²) in [5, 5.41) is 10.6. The average molecular weight is 457 g/mol. The Morgan fingerprint density at radius 2 is 1.73 bits per heavy atom. The molecule has 4 atom stereocenters. The molecule has 2 aromatic carbocycles. The molecule has 1 aliphatic rings. The first-order valence-corrected chi connectivity index (χ1v) is 10.4. The highest BCUT2D eigenvalue weighted by Gasteiger charge is 2.41. The van der Waals surface area contributed by atoms with Gasteiger partial charge in [0.05, 0.1) is 12.1 Å². The zero-order valence-electron chi connectivity index (χ0n) is 18.2. The quantitative estimate of drug-likeness (QED) is 0.671. The van der Waals surface area contributed by atoms with E-state index in [2.05, 4.69) is 0 Å². The van der Waals surface area contributed by atoms with Crippen LogP contribution in [0, 0.1) is 11.6 Å². The average Bonchev–Trinajstić information content (AvgIpc) is 2.92. The van der Waals surface area contributed by atoms with Gasteiger partial charge in [-0.3, -0.25) is 19.3 Å². The van der Waals surface area contributed by atoms with E-state index in [0.29, 0.717) is 17.4 Å². The van der Waals surface area contributed by atoms with E-state index < -0.39 is 47.5 Å². The van der Waals surface area contributed by atoms with Crippen molar-refractivity contribution in [2.24, 2.45) is 5.73 Å². The van der Waals surface area contributed by atoms with Crippen LogP contribution in [-0.4, -0.2) is 51.8 Å². The molecular formula is C24H25F2N3O4. The molecule has 1 heterocycles. The van der Waals surface area contributed by atoms with E-state index in [1.165, 1.54) is 17.9 Å². The number of hydrogen-bond donors (Lipinski definition) is 2. The summed E-state index contributed by atoms with van der Waals surface area (Å²) in [6.45, 7) is 1.33. The van der Waals surface area contributed by atoms with E-state index in [0.717, 1.165) is 17.7 Å². The Kier molecular flexibility index (Phi) is 7.35. The summed E-state index contributed by atoms with van der Waals surface area (Å²) in [4.78, 5) is 41.4. The number of likely N-dealkylation sites (N-methyl/N-ethyl adjacent to an activating group) is 1. The molecule has 7 nitrogen and oxygen atoms in total. The molecule has 0 unspecified atom stereocenters. The first-order valence-electron chi connectivity index (χ1n) is 10.4. The van der Waals surface area contributed by atoms with E-state index in [4.69, 9.17) is 5.73 Å². The minimum Gasteiger partial charge on any atom is -0.378 e. The van der Waals surface area contributed by atoms with Crippen LogP contribution in [0.3, 0.4) is 0 Å². The summed E-state index contributed by atoms with van der Waals surface area (Å²) in [7, 11) is 1.55. The molecule has 3 amide bonds. The molecule has 2 aromatic rings. The number of nitrogens with zero attached hydrogens (tertiary/aromatic N) is 2. The Morgan fingerprint density at radius 3 is 2.30 bits per heavy atom. The second-order valence-corrected chi connectivity index (χ2v) is 7.92. The molecule has 0 aliphatic carbocycles. The molecule has 0 spiro atoms. The van der Waals surface area contributed by atoms with Crippen molar-refractivity contribution in [2.45, 2.75) is 37.6 Å². The van der Waals surface area contributed by atoms with E-state index in [1.807, 2.05) is 30.3 Å². The minimum atomic E-state index is -2.09. The lowest BCUT2D eigenvalue weighted by atomic mass is 10.0. The number of aliphatic hydroxyl groups is 1. The van der Waals surface area contributed by atoms with Crippen molar-refractivity contribution >= 4 is 17.7 Å². The van der Waals surface area contributed by atoms with Gasteiger partial charge in [-0.25, -0.2) is 8.78 Å². The topological polar surface area (TPSA) is 104 Å². The zero-order valence-corrected chi connectivity index (χ0v) is 18.2. The fourth-order valence-electron chi connectivity index (χ4n) is 3.78. The molecule has 0 saturated heterocycles. The van der Waals surface area contributed by atoms with E-state index in [-0.39, 0.29) is 11.6 Å². The minimum absolute atomic E-state index is 0.343. The normalized spacial score (nSPS) is 20.2. The second kappa shape index (κ2) is 10.0. The Bertz CT molecular complexity index is 1050. The molecule has 0 saturated carbocycles. The number of nitrogens with two attached hydrogens (primary N) is 1. The highest BCUT2D eigenvalue weighted by molar-refractivity contribution is 6.04. The molecule has 3 N–H and O–H groups in total. The van der Waals surface area contributed by atoms with Gasteiger partial charge >= 0.3 is 0 Å². The molecular weight excluding hydrogens is 432 g/mol. The molecule has 0 radical (unpaired) electrons. The summed E-state index contributed by atoms with van der Waals surface area (Å²) >= 11 is 0. The third kappa shape index (κ3) is 5.15. The van der Waals surface area contributed by atoms with Crippen LogP contribution in [0.2, 0.25) is 0 Å². The van der Waals surface area contributed by atoms with Gasteiger partial charge in [0, 0.05) is 13.1 Å². The lowest BCUT2D eigenvalue weighted by Crippen LogP contribution is -2.56. The molecule has 33 heavy (non-hydrogen) atoms. The molecule has 0 bridgehead atoms. The standard InChI is InChI=1S/C24H25F2N3O4/c1-14(27)22(31)29(24(33)21(30)16-11-17(25)13-18(26)12-16)20-10-6-9-19(28(2)23(20)32)15-7-4-3-5-8-15/h3-8,10-14,19-21,30H,9,27H2,1-2H3/t14-,19+,20-,21-/m0/s1. The Hall–Kier alpha value is -3.43. The van der Waals surface area contributed by atoms with Crippen molar-refractivity contribution in [1.29, 1.82) is 0 Å². The first kappa shape index (κ1) is 24.2. The lowest BCUT2D eigenvalue weighted by Gasteiger charge is -2.34. The number of amides is 3. The molecule has 1 aliphatic heterocycles. The predicted molar refractivity (Wildman–Crippen MR) is 116 cm³/mol. The highest BCUT2D eigenvalue weighted by atomic mass is 19.1. The van der Waals surface area contributed by atoms with Gasteiger partial charge < -0.3 is 15.7 Å². The van der Waals surface area contributed by atoms with Gasteiger partial charge in [0.15, 0.2) is 6.10 Å². The molecule has 3 rings (SSSR count). The van der Waals surface area contributed by atoms with Crippen LogP contribution in [0.4, 0.5) is 8.78 Å². The number of benzene rings is 2. The van der Waals surface area contributed by atoms with Crippen LogP contribution in [0.25, 0.3) is 0 Å². The van der Waals surface area contributed by atoms with Gasteiger partial charge in [0.25, 0.3) is 5.91 Å². The zero-order chi connectivity index (χ0) is 24.3. The Labute approximate surface area is 190 Å². The number of carbonyl (C=O) groups excluding carboxylic acids is 3. The third-order valence-electron chi connectivity index (χ3n) is 5.51. The fraction of sp³-hybridized carbons (Fsp3) is 0.292. The van der Waals surface area contributed by atoms with Crippen molar-refractivity contribution < 1.29 is 28.3 Å². The van der Waals surface area contributed by atoms with Crippen molar-refractivity contribution in [3.63, 3.8) is 0 Å². The first-order chi connectivity index (χ1) is 15.6. The monoisotopic (exact) mass is 457 g/mol. The summed E-state index contributed by atoms with van der Waals surface area (Å²) in [5.74, 6) is -4.70. The van der Waals surface area contributed by atoms with E-state index in [1.54, 1.807) is 13.1 Å². The number of hydrogen-bond acceptors (Lipinski definition) is 5. The summed E-state index contributed by atoms with van der Waals surface area (Å²) in [6.07, 6.45) is 1.41. The molecule has 0 aromatic heterocycles. The fourth-order valence-corrected chi connectivity index (χ4v) is 3.78. The molecule has 9 heteroatoms. The van der Waals surface area contributed by atoms with Crippen molar-refractivity contribution in [1.82, 2.24) is 9.80 Å². The number of halogens is 2. The van der Waals surface area contributed by atoms with Crippen LogP contribution >= 0.6 is 0 Å². The summed E-state index contributed by atoms with van der Waals surface area (Å²) < 4.78 is 27.3. The van der Waals surface area contributed by atoms with Crippen molar-refractivity contribution in [2.75, 3.05) is 7.05 Å². The van der Waals surface area contributed by atoms with Crippen molar-refractivity contribution in [3.8, 4) is 0 Å². The summed E-state index contributed by atoms with van der Waals surface area (Å²) in [6, 6.07) is 8.48. The van der Waals surface area contributed by atoms with Gasteiger partial charge in [0.1, 0.15) is 17.7 Å². The smallest absolute Gasteiger partial charge is 0.263 e. The van der Waals surface area contributed by atoms with Crippen LogP contribution in [0.15, 0.2) is 60.7 Å². The summed E-state index contributed by atoms with van der Waals surface area (Å²) in [5.41, 5.74) is 6.19. The lowest BCUT2D eigenvalue weighted by molar-refractivity contribution is -0.158. The third-order valence-corrected chi connectivity index (χ3v) is 5.51. The molecule has 0 fully saturated rings. The van der Waals surface area contributed by atoms with Gasteiger partial charge in [0.2, 0.25) is 11.8 Å². The Balaban J connectivity index is 1.97. The van der Waals surface area contributed by atoms with Crippen LogP contribution < -0.4 is 5.73 Å². The highest BCUT2D eigenvalue weighted by Crippen LogP contribution is 2.29. The van der Waals surface area contributed by atoms with Crippen LogP contribution in [-0.2, 0) is 14.4 Å². The van der Waals surface area contributed by atoms with Gasteiger partial charge in [-0.15, -0.1) is 0 Å². The maximum Gasteiger partial charge on any atom is 0.263 e. The molecule has 174 valence electrons. The number of aliphatic hydroxyl groups excluding tert-OH is 1.